The molecule has 5 heteroatoms. The summed E-state index contributed by atoms with van der Waals surface area (Å²) in [6.07, 6.45) is 1.44. The van der Waals surface area contributed by atoms with E-state index in [2.05, 4.69) is 31.9 Å². The molecule has 1 fully saturated rings. The lowest BCUT2D eigenvalue weighted by atomic mass is 10.4. The van der Waals surface area contributed by atoms with Gasteiger partial charge in [-0.15, -0.1) is 0 Å². The molecule has 0 amide bonds. The van der Waals surface area contributed by atoms with Crippen LogP contribution in [0.2, 0.25) is 0 Å². The zero-order valence-corrected chi connectivity index (χ0v) is 8.54. The van der Waals surface area contributed by atoms with Crippen LogP contribution in [0, 0.1) is 0 Å². The summed E-state index contributed by atoms with van der Waals surface area (Å²) in [5, 5.41) is 0. The van der Waals surface area contributed by atoms with Crippen molar-refractivity contribution in [2.24, 2.45) is 0 Å². The van der Waals surface area contributed by atoms with Gasteiger partial charge in [-0.2, -0.15) is 0 Å². The average molecular weight is 278 g/mol. The van der Waals surface area contributed by atoms with Crippen LogP contribution in [0.3, 0.4) is 0 Å². The van der Waals surface area contributed by atoms with E-state index in [1.54, 1.807) is 0 Å². The molecule has 0 aromatic rings. The molecule has 0 aliphatic carbocycles. The molecule has 0 unspecified atom stereocenters. The van der Waals surface area contributed by atoms with Gasteiger partial charge in [-0.25, -0.2) is 8.42 Å². The van der Waals surface area contributed by atoms with E-state index in [4.69, 9.17) is 0 Å². The summed E-state index contributed by atoms with van der Waals surface area (Å²) >= 11 is 6.16. The molecule has 9 heavy (non-hydrogen) atoms. The fourth-order valence-electron chi connectivity index (χ4n) is 0.751. The number of rotatable bonds is 0. The van der Waals surface area contributed by atoms with Crippen molar-refractivity contribution in [3.63, 3.8) is 0 Å². The monoisotopic (exact) mass is 276 g/mol. The van der Waals surface area contributed by atoms with Crippen LogP contribution < -0.4 is 0 Å². The molecule has 1 aliphatic rings. The van der Waals surface area contributed by atoms with Gasteiger partial charge in [0, 0.05) is 0 Å². The Morgan fingerprint density at radius 2 is 1.44 bits per heavy atom. The molecule has 1 saturated heterocycles. The standard InChI is InChI=1S/C4H6Br2O2S/c5-3-1-2-4(6)9(3,7)8/h3-4H,1-2H2/t3-,4+. The third-order valence-electron chi connectivity index (χ3n) is 1.33. The average Bonchev–Trinajstić information content (AvgIpc) is 1.96. The fraction of sp³-hybridized carbons (Fsp3) is 1.00. The van der Waals surface area contributed by atoms with Gasteiger partial charge in [-0.05, 0) is 12.8 Å². The molecule has 0 spiro atoms. The highest BCUT2D eigenvalue weighted by Gasteiger charge is 2.37. The van der Waals surface area contributed by atoms with Crippen LogP contribution >= 0.6 is 31.9 Å². The van der Waals surface area contributed by atoms with E-state index in [1.165, 1.54) is 0 Å². The topological polar surface area (TPSA) is 34.1 Å². The minimum Gasteiger partial charge on any atom is -0.227 e. The van der Waals surface area contributed by atoms with E-state index in [0.717, 1.165) is 12.8 Å². The Labute approximate surface area is 71.2 Å². The summed E-state index contributed by atoms with van der Waals surface area (Å²) < 4.78 is 21.3. The van der Waals surface area contributed by atoms with Gasteiger partial charge in [0.1, 0.15) is 8.32 Å². The molecule has 0 aromatic carbocycles. The predicted octanol–water partition coefficient (Wildman–Crippen LogP) is 1.64. The quantitative estimate of drug-likeness (QED) is 0.631. The van der Waals surface area contributed by atoms with Crippen LogP contribution in [-0.4, -0.2) is 16.7 Å². The van der Waals surface area contributed by atoms with Gasteiger partial charge < -0.3 is 0 Å². The first-order chi connectivity index (χ1) is 4.05. The van der Waals surface area contributed by atoms with Gasteiger partial charge in [0.05, 0.1) is 0 Å². The van der Waals surface area contributed by atoms with E-state index in [9.17, 15) is 8.42 Å². The predicted molar refractivity (Wildman–Crippen MR) is 43.6 cm³/mol. The first kappa shape index (κ1) is 8.01. The molecule has 2 atom stereocenters. The minimum absolute atomic E-state index is 0.325. The Balaban J connectivity index is 2.93. The molecule has 1 heterocycles. The first-order valence-electron chi connectivity index (χ1n) is 2.56. The molecule has 0 saturated carbocycles. The Bertz CT molecular complexity index is 183. The van der Waals surface area contributed by atoms with Crippen molar-refractivity contribution in [3.8, 4) is 0 Å². The molecular weight excluding hydrogens is 272 g/mol. The summed E-state index contributed by atoms with van der Waals surface area (Å²) in [4.78, 5) is 0. The van der Waals surface area contributed by atoms with Crippen LogP contribution in [-0.2, 0) is 9.84 Å². The largest absolute Gasteiger partial charge is 0.227 e. The Kier molecular flexibility index (Phi) is 2.23. The molecule has 1 rings (SSSR count). The van der Waals surface area contributed by atoms with Crippen molar-refractivity contribution in [2.75, 3.05) is 0 Å². The van der Waals surface area contributed by atoms with Gasteiger partial charge >= 0.3 is 0 Å². The maximum Gasteiger partial charge on any atom is 0.175 e. The molecule has 0 aromatic heterocycles. The smallest absolute Gasteiger partial charge is 0.175 e. The van der Waals surface area contributed by atoms with Crippen molar-refractivity contribution < 1.29 is 8.42 Å². The van der Waals surface area contributed by atoms with Gasteiger partial charge in [0.2, 0.25) is 0 Å². The van der Waals surface area contributed by atoms with Gasteiger partial charge in [-0.1, -0.05) is 31.9 Å². The summed E-state index contributed by atoms with van der Waals surface area (Å²) in [5.41, 5.74) is 0. The lowest BCUT2D eigenvalue weighted by Crippen LogP contribution is -2.12. The van der Waals surface area contributed by atoms with Gasteiger partial charge in [0.15, 0.2) is 9.84 Å². The minimum atomic E-state index is -2.87. The molecule has 0 bridgehead atoms. The van der Waals surface area contributed by atoms with E-state index < -0.39 is 9.84 Å². The molecule has 0 N–H and O–H groups in total. The SMILES string of the molecule is O=S1(=O)[C@H](Br)CC[C@@H]1Br. The van der Waals surface area contributed by atoms with E-state index in [-0.39, 0.29) is 8.32 Å². The Morgan fingerprint density at radius 1 is 1.11 bits per heavy atom. The third-order valence-corrected chi connectivity index (χ3v) is 7.27. The maximum atomic E-state index is 11.0. The molecular formula is C4H6Br2O2S. The zero-order chi connectivity index (χ0) is 7.07. The molecule has 0 radical (unpaired) electrons. The van der Waals surface area contributed by atoms with E-state index >= 15 is 0 Å². The van der Waals surface area contributed by atoms with Crippen molar-refractivity contribution >= 4 is 41.7 Å². The highest BCUT2D eigenvalue weighted by Crippen LogP contribution is 2.34. The number of sulfone groups is 1. The first-order valence-corrected chi connectivity index (χ1v) is 6.00. The highest BCUT2D eigenvalue weighted by molar-refractivity contribution is 9.13. The van der Waals surface area contributed by atoms with Crippen molar-refractivity contribution in [1.82, 2.24) is 0 Å². The lowest BCUT2D eigenvalue weighted by Gasteiger charge is -1.99. The maximum absolute atomic E-state index is 11.0. The van der Waals surface area contributed by atoms with E-state index in [1.807, 2.05) is 0 Å². The number of alkyl halides is 2. The normalized spacial score (nSPS) is 41.1. The fourth-order valence-corrected chi connectivity index (χ4v) is 4.96. The number of hydrogen-bond donors (Lipinski definition) is 0. The lowest BCUT2D eigenvalue weighted by molar-refractivity contribution is 0.599. The van der Waals surface area contributed by atoms with Crippen LogP contribution in [0.5, 0.6) is 0 Å². The second kappa shape index (κ2) is 2.51. The van der Waals surface area contributed by atoms with Gasteiger partial charge in [0.25, 0.3) is 0 Å². The number of hydrogen-bond acceptors (Lipinski definition) is 2. The number of halogens is 2. The van der Waals surface area contributed by atoms with E-state index in [0.29, 0.717) is 0 Å². The van der Waals surface area contributed by atoms with Gasteiger partial charge in [-0.3, -0.25) is 0 Å². The van der Waals surface area contributed by atoms with Crippen LogP contribution in [0.15, 0.2) is 0 Å². The van der Waals surface area contributed by atoms with Crippen LogP contribution in [0.1, 0.15) is 12.8 Å². The summed E-state index contributed by atoms with van der Waals surface area (Å²) in [7, 11) is -2.87. The second-order valence-electron chi connectivity index (χ2n) is 1.99. The van der Waals surface area contributed by atoms with Crippen molar-refractivity contribution in [2.45, 2.75) is 21.2 Å². The molecule has 54 valence electrons. The molecule has 2 nitrogen and oxygen atoms in total. The highest BCUT2D eigenvalue weighted by atomic mass is 79.9. The molecule has 1 aliphatic heterocycles. The van der Waals surface area contributed by atoms with Crippen molar-refractivity contribution in [3.05, 3.63) is 0 Å². The van der Waals surface area contributed by atoms with Crippen LogP contribution in [0.25, 0.3) is 0 Å². The van der Waals surface area contributed by atoms with Crippen molar-refractivity contribution in [1.29, 1.82) is 0 Å². The summed E-state index contributed by atoms with van der Waals surface area (Å²) in [6.45, 7) is 0. The summed E-state index contributed by atoms with van der Waals surface area (Å²) in [5.74, 6) is 0. The zero-order valence-electron chi connectivity index (χ0n) is 4.55. The Hall–Kier alpha value is 0.910. The second-order valence-corrected chi connectivity index (χ2v) is 7.73. The summed E-state index contributed by atoms with van der Waals surface area (Å²) in [6, 6.07) is 0. The van der Waals surface area contributed by atoms with Crippen LogP contribution in [0.4, 0.5) is 0 Å². The third kappa shape index (κ3) is 1.33. The Morgan fingerprint density at radius 3 is 1.56 bits per heavy atom.